The highest BCUT2D eigenvalue weighted by Gasteiger charge is 2.12. The fourth-order valence-corrected chi connectivity index (χ4v) is 2.96. The van der Waals surface area contributed by atoms with Gasteiger partial charge in [-0.2, -0.15) is 0 Å². The Kier molecular flexibility index (Phi) is 3.77. The number of nitrogen functional groups attached to an aromatic ring is 1. The van der Waals surface area contributed by atoms with Crippen LogP contribution in [0.25, 0.3) is 0 Å². The quantitative estimate of drug-likeness (QED) is 0.870. The van der Waals surface area contributed by atoms with Crippen LogP contribution in [0, 0.1) is 0 Å². The van der Waals surface area contributed by atoms with Crippen molar-refractivity contribution in [1.82, 2.24) is 4.98 Å². The van der Waals surface area contributed by atoms with Gasteiger partial charge in [-0.05, 0) is 18.2 Å². The molecular weight excluding hydrogens is 282 g/mol. The van der Waals surface area contributed by atoms with Crippen molar-refractivity contribution in [2.45, 2.75) is 11.4 Å². The van der Waals surface area contributed by atoms with E-state index in [0.717, 1.165) is 11.4 Å². The standard InChI is InChI=1S/C12H15N3O2S2/c1-15(6-9-7-18-8-14-9)12-4-3-10(5-11(12)13)19(2,16)17/h3-5,7-8H,6,13H2,1-2H3. The van der Waals surface area contributed by atoms with E-state index in [2.05, 4.69) is 4.98 Å². The summed E-state index contributed by atoms with van der Waals surface area (Å²) in [6.45, 7) is 0.631. The van der Waals surface area contributed by atoms with Gasteiger partial charge in [0.1, 0.15) is 0 Å². The van der Waals surface area contributed by atoms with E-state index in [-0.39, 0.29) is 4.90 Å². The number of nitrogens with zero attached hydrogens (tertiary/aromatic N) is 2. The lowest BCUT2D eigenvalue weighted by molar-refractivity contribution is 0.602. The first kappa shape index (κ1) is 13.8. The minimum Gasteiger partial charge on any atom is -0.397 e. The van der Waals surface area contributed by atoms with E-state index in [0.29, 0.717) is 12.2 Å². The third kappa shape index (κ3) is 3.24. The molecule has 0 aliphatic heterocycles. The summed E-state index contributed by atoms with van der Waals surface area (Å²) >= 11 is 1.54. The Morgan fingerprint density at radius 2 is 2.16 bits per heavy atom. The summed E-state index contributed by atoms with van der Waals surface area (Å²) in [6.07, 6.45) is 1.17. The van der Waals surface area contributed by atoms with E-state index in [4.69, 9.17) is 5.73 Å². The largest absolute Gasteiger partial charge is 0.397 e. The fourth-order valence-electron chi connectivity index (χ4n) is 1.75. The highest BCUT2D eigenvalue weighted by molar-refractivity contribution is 7.90. The Balaban J connectivity index is 2.26. The van der Waals surface area contributed by atoms with Crippen LogP contribution in [-0.4, -0.2) is 26.7 Å². The molecule has 0 bridgehead atoms. The molecule has 0 aliphatic rings. The molecule has 7 heteroatoms. The average Bonchev–Trinajstić information content (AvgIpc) is 2.80. The van der Waals surface area contributed by atoms with Crippen LogP contribution in [0.3, 0.4) is 0 Å². The van der Waals surface area contributed by atoms with Crippen LogP contribution in [0.5, 0.6) is 0 Å². The molecule has 1 aromatic carbocycles. The van der Waals surface area contributed by atoms with E-state index >= 15 is 0 Å². The van der Waals surface area contributed by atoms with Gasteiger partial charge in [-0.25, -0.2) is 13.4 Å². The molecule has 0 amide bonds. The Labute approximate surface area is 116 Å². The molecule has 0 aliphatic carbocycles. The summed E-state index contributed by atoms with van der Waals surface area (Å²) in [5.74, 6) is 0. The molecule has 1 aromatic heterocycles. The molecule has 0 radical (unpaired) electrons. The maximum atomic E-state index is 11.4. The van der Waals surface area contributed by atoms with E-state index in [9.17, 15) is 8.42 Å². The van der Waals surface area contributed by atoms with Gasteiger partial charge in [0.05, 0.1) is 34.0 Å². The number of nitrogens with two attached hydrogens (primary N) is 1. The van der Waals surface area contributed by atoms with Gasteiger partial charge in [0.25, 0.3) is 0 Å². The van der Waals surface area contributed by atoms with E-state index in [1.54, 1.807) is 17.6 Å². The van der Waals surface area contributed by atoms with Gasteiger partial charge in [-0.1, -0.05) is 0 Å². The van der Waals surface area contributed by atoms with Crippen molar-refractivity contribution in [1.29, 1.82) is 0 Å². The van der Waals surface area contributed by atoms with Gasteiger partial charge in [0.15, 0.2) is 9.84 Å². The third-order valence-corrected chi connectivity index (χ3v) is 4.47. The van der Waals surface area contributed by atoms with Gasteiger partial charge in [-0.15, -0.1) is 11.3 Å². The second-order valence-corrected chi connectivity index (χ2v) is 7.06. The Morgan fingerprint density at radius 1 is 1.42 bits per heavy atom. The lowest BCUT2D eigenvalue weighted by atomic mass is 10.2. The zero-order valence-electron chi connectivity index (χ0n) is 10.7. The minimum absolute atomic E-state index is 0.232. The van der Waals surface area contributed by atoms with Gasteiger partial charge in [-0.3, -0.25) is 0 Å². The number of thiazole rings is 1. The zero-order chi connectivity index (χ0) is 14.0. The van der Waals surface area contributed by atoms with Crippen molar-refractivity contribution in [3.63, 3.8) is 0 Å². The Morgan fingerprint density at radius 3 is 2.68 bits per heavy atom. The molecule has 0 fully saturated rings. The molecule has 0 unspecified atom stereocenters. The van der Waals surface area contributed by atoms with Gasteiger partial charge in [0.2, 0.25) is 0 Å². The maximum absolute atomic E-state index is 11.4. The van der Waals surface area contributed by atoms with Crippen molar-refractivity contribution >= 4 is 32.5 Å². The monoisotopic (exact) mass is 297 g/mol. The van der Waals surface area contributed by atoms with Crippen LogP contribution in [0.15, 0.2) is 34.0 Å². The molecule has 0 saturated carbocycles. The van der Waals surface area contributed by atoms with Crippen LogP contribution in [0.2, 0.25) is 0 Å². The molecule has 2 aromatic rings. The van der Waals surface area contributed by atoms with Crippen LogP contribution in [-0.2, 0) is 16.4 Å². The predicted molar refractivity (Wildman–Crippen MR) is 78.2 cm³/mol. The average molecular weight is 297 g/mol. The van der Waals surface area contributed by atoms with Gasteiger partial charge in [0, 0.05) is 18.7 Å². The predicted octanol–water partition coefficient (Wildman–Crippen LogP) is 1.77. The van der Waals surface area contributed by atoms with E-state index in [1.165, 1.54) is 23.7 Å². The number of hydrogen-bond donors (Lipinski definition) is 1. The summed E-state index contributed by atoms with van der Waals surface area (Å²) in [7, 11) is -1.33. The van der Waals surface area contributed by atoms with E-state index < -0.39 is 9.84 Å². The number of hydrogen-bond acceptors (Lipinski definition) is 6. The van der Waals surface area contributed by atoms with E-state index in [1.807, 2.05) is 17.3 Å². The van der Waals surface area contributed by atoms with Crippen molar-refractivity contribution in [3.8, 4) is 0 Å². The third-order valence-electron chi connectivity index (χ3n) is 2.72. The molecule has 0 spiro atoms. The molecule has 1 heterocycles. The van der Waals surface area contributed by atoms with Gasteiger partial charge < -0.3 is 10.6 Å². The van der Waals surface area contributed by atoms with Gasteiger partial charge >= 0.3 is 0 Å². The van der Waals surface area contributed by atoms with Crippen LogP contribution >= 0.6 is 11.3 Å². The second-order valence-electron chi connectivity index (χ2n) is 4.33. The highest BCUT2D eigenvalue weighted by atomic mass is 32.2. The van der Waals surface area contributed by atoms with Crippen LogP contribution < -0.4 is 10.6 Å². The molecule has 102 valence electrons. The first-order chi connectivity index (χ1) is 8.88. The van der Waals surface area contributed by atoms with Crippen molar-refractivity contribution in [2.75, 3.05) is 23.9 Å². The molecule has 2 rings (SSSR count). The summed E-state index contributed by atoms with van der Waals surface area (Å²) in [5, 5.41) is 1.97. The first-order valence-corrected chi connectivity index (χ1v) is 8.39. The molecule has 2 N–H and O–H groups in total. The summed E-state index contributed by atoms with van der Waals surface area (Å²) in [5.41, 5.74) is 9.90. The number of aromatic nitrogens is 1. The Bertz CT molecular complexity index is 666. The fraction of sp³-hybridized carbons (Fsp3) is 0.250. The SMILES string of the molecule is CN(Cc1cscn1)c1ccc(S(C)(=O)=O)cc1N. The number of rotatable bonds is 4. The van der Waals surface area contributed by atoms with Crippen LogP contribution in [0.4, 0.5) is 11.4 Å². The normalized spacial score (nSPS) is 11.5. The summed E-state index contributed by atoms with van der Waals surface area (Å²) in [4.78, 5) is 6.38. The van der Waals surface area contributed by atoms with Crippen molar-refractivity contribution in [3.05, 3.63) is 34.8 Å². The molecule has 19 heavy (non-hydrogen) atoms. The lowest BCUT2D eigenvalue weighted by Gasteiger charge is -2.20. The van der Waals surface area contributed by atoms with Crippen molar-refractivity contribution < 1.29 is 8.42 Å². The number of sulfone groups is 1. The maximum Gasteiger partial charge on any atom is 0.175 e. The van der Waals surface area contributed by atoms with Crippen molar-refractivity contribution in [2.24, 2.45) is 0 Å². The number of benzene rings is 1. The Hall–Kier alpha value is -1.60. The topological polar surface area (TPSA) is 76.3 Å². The number of anilines is 2. The smallest absolute Gasteiger partial charge is 0.175 e. The summed E-state index contributed by atoms with van der Waals surface area (Å²) in [6, 6.07) is 4.78. The second kappa shape index (κ2) is 5.18. The molecule has 0 saturated heterocycles. The molecule has 0 atom stereocenters. The van der Waals surface area contributed by atoms with Crippen LogP contribution in [0.1, 0.15) is 5.69 Å². The highest BCUT2D eigenvalue weighted by Crippen LogP contribution is 2.26. The molecule has 5 nitrogen and oxygen atoms in total. The minimum atomic E-state index is -3.23. The summed E-state index contributed by atoms with van der Waals surface area (Å²) < 4.78 is 22.9. The molecular formula is C12H15N3O2S2. The zero-order valence-corrected chi connectivity index (χ0v) is 12.3. The lowest BCUT2D eigenvalue weighted by Crippen LogP contribution is -2.18. The first-order valence-electron chi connectivity index (χ1n) is 5.55.